The van der Waals surface area contributed by atoms with Crippen LogP contribution in [0.4, 0.5) is 0 Å². The number of aliphatic hydroxyl groups excluding tert-OH is 1. The molecule has 0 spiro atoms. The third-order valence-electron chi connectivity index (χ3n) is 2.03. The molecule has 0 fully saturated rings. The van der Waals surface area contributed by atoms with Crippen LogP contribution in [0.5, 0.6) is 0 Å². The molecule has 0 aliphatic rings. The normalized spacial score (nSPS) is 15.4. The summed E-state index contributed by atoms with van der Waals surface area (Å²) in [4.78, 5) is 1.24. The summed E-state index contributed by atoms with van der Waals surface area (Å²) in [7, 11) is 0. The van der Waals surface area contributed by atoms with E-state index in [-0.39, 0.29) is 6.10 Å². The number of halogens is 1. The van der Waals surface area contributed by atoms with E-state index >= 15 is 0 Å². The summed E-state index contributed by atoms with van der Waals surface area (Å²) in [6, 6.07) is 4.26. The molecule has 1 heterocycles. The highest BCUT2D eigenvalue weighted by atomic mass is 35.5. The van der Waals surface area contributed by atoms with E-state index in [1.807, 2.05) is 12.1 Å². The lowest BCUT2D eigenvalue weighted by Gasteiger charge is -2.12. The van der Waals surface area contributed by atoms with Crippen LogP contribution in [-0.2, 0) is 0 Å². The second-order valence-corrected chi connectivity index (χ2v) is 5.20. The second-order valence-electron chi connectivity index (χ2n) is 3.46. The summed E-state index contributed by atoms with van der Waals surface area (Å²) >= 11 is 7.43. The summed E-state index contributed by atoms with van der Waals surface area (Å²) in [6.45, 7) is 4.73. The van der Waals surface area contributed by atoms with Crippen molar-refractivity contribution < 1.29 is 5.11 Å². The van der Waals surface area contributed by atoms with Crippen LogP contribution < -0.4 is 5.32 Å². The van der Waals surface area contributed by atoms with Gasteiger partial charge in [-0.1, -0.05) is 11.6 Å². The third kappa shape index (κ3) is 3.96. The lowest BCUT2D eigenvalue weighted by molar-refractivity contribution is 0.182. The molecule has 1 aromatic rings. The van der Waals surface area contributed by atoms with Gasteiger partial charge in [0.25, 0.3) is 0 Å². The molecule has 0 saturated heterocycles. The Kier molecular flexibility index (Phi) is 4.89. The highest BCUT2D eigenvalue weighted by molar-refractivity contribution is 7.16. The van der Waals surface area contributed by atoms with E-state index < -0.39 is 0 Å². The number of nitrogens with one attached hydrogen (secondary N) is 1. The fraction of sp³-hybridized carbons (Fsp3) is 0.600. The van der Waals surface area contributed by atoms with Crippen LogP contribution in [0.1, 0.15) is 31.2 Å². The molecule has 0 amide bonds. The minimum absolute atomic E-state index is 0.235. The zero-order valence-electron chi connectivity index (χ0n) is 8.46. The van der Waals surface area contributed by atoms with E-state index in [9.17, 15) is 0 Å². The molecular formula is C10H16ClNOS. The summed E-state index contributed by atoms with van der Waals surface area (Å²) in [5, 5.41) is 12.4. The van der Waals surface area contributed by atoms with Crippen LogP contribution in [-0.4, -0.2) is 17.8 Å². The Bertz CT molecular complexity index is 275. The van der Waals surface area contributed by atoms with E-state index in [2.05, 4.69) is 12.2 Å². The highest BCUT2D eigenvalue weighted by Gasteiger charge is 2.07. The molecule has 2 N–H and O–H groups in total. The molecule has 14 heavy (non-hydrogen) atoms. The predicted molar refractivity (Wildman–Crippen MR) is 62.0 cm³/mol. The first-order chi connectivity index (χ1) is 6.59. The maximum absolute atomic E-state index is 9.08. The minimum Gasteiger partial charge on any atom is -0.393 e. The molecule has 1 aromatic heterocycles. The largest absolute Gasteiger partial charge is 0.393 e. The van der Waals surface area contributed by atoms with Crippen LogP contribution in [0.15, 0.2) is 12.1 Å². The van der Waals surface area contributed by atoms with E-state index in [1.54, 1.807) is 18.3 Å². The van der Waals surface area contributed by atoms with E-state index in [1.165, 1.54) is 4.88 Å². The van der Waals surface area contributed by atoms with E-state index in [4.69, 9.17) is 16.7 Å². The molecule has 0 aromatic carbocycles. The molecule has 0 unspecified atom stereocenters. The molecule has 0 radical (unpaired) electrons. The summed E-state index contributed by atoms with van der Waals surface area (Å²) in [5.41, 5.74) is 0. The molecular weight excluding hydrogens is 218 g/mol. The van der Waals surface area contributed by atoms with Crippen molar-refractivity contribution in [3.05, 3.63) is 21.3 Å². The zero-order chi connectivity index (χ0) is 10.6. The number of hydrogen-bond donors (Lipinski definition) is 2. The first-order valence-electron chi connectivity index (χ1n) is 4.76. The van der Waals surface area contributed by atoms with Gasteiger partial charge < -0.3 is 10.4 Å². The number of hydrogen-bond acceptors (Lipinski definition) is 3. The quantitative estimate of drug-likeness (QED) is 0.820. The first kappa shape index (κ1) is 12.0. The van der Waals surface area contributed by atoms with Crippen molar-refractivity contribution in [2.75, 3.05) is 6.54 Å². The monoisotopic (exact) mass is 233 g/mol. The Morgan fingerprint density at radius 2 is 2.21 bits per heavy atom. The van der Waals surface area contributed by atoms with Crippen LogP contribution in [0.2, 0.25) is 4.34 Å². The van der Waals surface area contributed by atoms with Crippen molar-refractivity contribution in [3.63, 3.8) is 0 Å². The van der Waals surface area contributed by atoms with Gasteiger partial charge in [-0.25, -0.2) is 0 Å². The van der Waals surface area contributed by atoms with Crippen molar-refractivity contribution in [2.45, 2.75) is 32.4 Å². The van der Waals surface area contributed by atoms with Gasteiger partial charge in [0.2, 0.25) is 0 Å². The van der Waals surface area contributed by atoms with Gasteiger partial charge in [0.05, 0.1) is 10.4 Å². The average molecular weight is 234 g/mol. The molecule has 0 saturated carbocycles. The van der Waals surface area contributed by atoms with Crippen molar-refractivity contribution in [1.29, 1.82) is 0 Å². The SMILES string of the molecule is C[C@H](O)CCN[C@@H](C)c1ccc(Cl)s1. The highest BCUT2D eigenvalue weighted by Crippen LogP contribution is 2.26. The smallest absolute Gasteiger partial charge is 0.0931 e. The molecule has 0 aliphatic carbocycles. The Hall–Kier alpha value is -0.0900. The zero-order valence-corrected chi connectivity index (χ0v) is 10.0. The Balaban J connectivity index is 2.32. The maximum atomic E-state index is 9.08. The van der Waals surface area contributed by atoms with Gasteiger partial charge in [0.15, 0.2) is 0 Å². The van der Waals surface area contributed by atoms with Crippen LogP contribution >= 0.6 is 22.9 Å². The van der Waals surface area contributed by atoms with Gasteiger partial charge in [0.1, 0.15) is 0 Å². The summed E-state index contributed by atoms with van der Waals surface area (Å²) in [6.07, 6.45) is 0.547. The Morgan fingerprint density at radius 1 is 1.50 bits per heavy atom. The van der Waals surface area contributed by atoms with Crippen molar-refractivity contribution in [2.24, 2.45) is 0 Å². The van der Waals surface area contributed by atoms with Gasteiger partial charge in [-0.2, -0.15) is 0 Å². The Labute approximate surface area is 93.9 Å². The topological polar surface area (TPSA) is 32.3 Å². The number of thiophene rings is 1. The lowest BCUT2D eigenvalue weighted by Crippen LogP contribution is -2.21. The van der Waals surface area contributed by atoms with Crippen LogP contribution in [0.3, 0.4) is 0 Å². The van der Waals surface area contributed by atoms with Crippen LogP contribution in [0.25, 0.3) is 0 Å². The lowest BCUT2D eigenvalue weighted by atomic mass is 10.2. The number of aliphatic hydroxyl groups is 1. The van der Waals surface area contributed by atoms with Crippen LogP contribution in [0, 0.1) is 0 Å². The average Bonchev–Trinajstić information content (AvgIpc) is 2.51. The molecule has 0 aliphatic heterocycles. The molecule has 0 bridgehead atoms. The predicted octanol–water partition coefficient (Wildman–Crippen LogP) is 2.82. The minimum atomic E-state index is -0.235. The molecule has 2 atom stereocenters. The van der Waals surface area contributed by atoms with Crippen molar-refractivity contribution in [3.8, 4) is 0 Å². The summed E-state index contributed by atoms with van der Waals surface area (Å²) < 4.78 is 0.823. The van der Waals surface area contributed by atoms with E-state index in [0.717, 1.165) is 17.3 Å². The third-order valence-corrected chi connectivity index (χ3v) is 3.45. The molecule has 4 heteroatoms. The number of rotatable bonds is 5. The fourth-order valence-corrected chi connectivity index (χ4v) is 2.26. The van der Waals surface area contributed by atoms with Gasteiger partial charge in [-0.15, -0.1) is 11.3 Å². The standard InChI is InChI=1S/C10H16ClNOS/c1-7(13)5-6-12-8(2)9-3-4-10(11)14-9/h3-4,7-8,12-13H,5-6H2,1-2H3/t7-,8-/m0/s1. The van der Waals surface area contributed by atoms with Gasteiger partial charge in [0, 0.05) is 10.9 Å². The first-order valence-corrected chi connectivity index (χ1v) is 5.95. The molecule has 2 nitrogen and oxygen atoms in total. The summed E-state index contributed by atoms with van der Waals surface area (Å²) in [5.74, 6) is 0. The Morgan fingerprint density at radius 3 is 2.71 bits per heavy atom. The fourth-order valence-electron chi connectivity index (χ4n) is 1.17. The van der Waals surface area contributed by atoms with Gasteiger partial charge in [-0.05, 0) is 38.9 Å². The molecule has 80 valence electrons. The molecule has 1 rings (SSSR count). The van der Waals surface area contributed by atoms with Gasteiger partial charge in [-0.3, -0.25) is 0 Å². The van der Waals surface area contributed by atoms with Crippen molar-refractivity contribution >= 4 is 22.9 Å². The van der Waals surface area contributed by atoms with Gasteiger partial charge >= 0.3 is 0 Å². The second kappa shape index (κ2) is 5.71. The van der Waals surface area contributed by atoms with E-state index in [0.29, 0.717) is 6.04 Å². The maximum Gasteiger partial charge on any atom is 0.0931 e. The van der Waals surface area contributed by atoms with Crippen molar-refractivity contribution in [1.82, 2.24) is 5.32 Å².